The number of nitrogens with one attached hydrogen (secondary N) is 2. The quantitative estimate of drug-likeness (QED) is 0.686. The van der Waals surface area contributed by atoms with E-state index < -0.39 is 50.1 Å². The molecule has 0 fully saturated rings. The molecule has 0 unspecified atom stereocenters. The van der Waals surface area contributed by atoms with E-state index in [9.17, 15) is 36.0 Å². The van der Waals surface area contributed by atoms with Gasteiger partial charge in [-0.1, -0.05) is 0 Å². The average Bonchev–Trinajstić information content (AvgIpc) is 2.99. The van der Waals surface area contributed by atoms with Gasteiger partial charge in [0.05, 0.1) is 5.56 Å². The molecule has 0 spiro atoms. The monoisotopic (exact) mass is 443 g/mol. The molecule has 2 aromatic rings. The van der Waals surface area contributed by atoms with Gasteiger partial charge >= 0.3 is 6.18 Å². The molecule has 158 valence electrons. The van der Waals surface area contributed by atoms with Gasteiger partial charge in [-0.3, -0.25) is 4.79 Å². The summed E-state index contributed by atoms with van der Waals surface area (Å²) in [4.78, 5) is 11.8. The van der Waals surface area contributed by atoms with Crippen molar-refractivity contribution in [1.82, 2.24) is 9.29 Å². The van der Waals surface area contributed by atoms with Crippen LogP contribution in [0.2, 0.25) is 0 Å². The Labute approximate surface area is 168 Å². The first kappa shape index (κ1) is 22.9. The van der Waals surface area contributed by atoms with Gasteiger partial charge in [0.2, 0.25) is 10.0 Å². The smallest absolute Gasteiger partial charge is 0.344 e. The van der Waals surface area contributed by atoms with E-state index in [-0.39, 0.29) is 11.3 Å². The van der Waals surface area contributed by atoms with Gasteiger partial charge < -0.3 is 9.88 Å². The molecular formula is C17H13F4N5O3S. The van der Waals surface area contributed by atoms with Crippen LogP contribution in [0.4, 0.5) is 23.2 Å². The lowest BCUT2D eigenvalue weighted by molar-refractivity contribution is -0.147. The minimum Gasteiger partial charge on any atom is -0.344 e. The number of anilines is 1. The number of sulfonamides is 1. The molecule has 1 aromatic carbocycles. The Balaban J connectivity index is 2.44. The van der Waals surface area contributed by atoms with Crippen LogP contribution >= 0.6 is 0 Å². The molecule has 0 saturated carbocycles. The van der Waals surface area contributed by atoms with Crippen LogP contribution in [0, 0.1) is 28.5 Å². The molecule has 13 heteroatoms. The molecule has 30 heavy (non-hydrogen) atoms. The number of halogens is 4. The third-order valence-corrected chi connectivity index (χ3v) is 5.48. The number of nitriles is 2. The Kier molecular flexibility index (Phi) is 6.20. The maximum Gasteiger partial charge on any atom is 0.404 e. The number of carbonyl (C=O) groups excluding carboxylic acids is 1. The van der Waals surface area contributed by atoms with Crippen molar-refractivity contribution in [3.63, 3.8) is 0 Å². The second-order valence-electron chi connectivity index (χ2n) is 6.08. The van der Waals surface area contributed by atoms with Crippen LogP contribution in [0.25, 0.3) is 0 Å². The van der Waals surface area contributed by atoms with Crippen molar-refractivity contribution in [2.45, 2.75) is 24.0 Å². The van der Waals surface area contributed by atoms with Crippen LogP contribution in [-0.2, 0) is 17.1 Å². The summed E-state index contributed by atoms with van der Waals surface area (Å²) in [6, 6.07) is 3.72. The van der Waals surface area contributed by atoms with Crippen molar-refractivity contribution in [3.05, 3.63) is 47.0 Å². The fourth-order valence-electron chi connectivity index (χ4n) is 2.43. The van der Waals surface area contributed by atoms with Gasteiger partial charge in [-0.05, 0) is 25.1 Å². The van der Waals surface area contributed by atoms with Gasteiger partial charge in [-0.25, -0.2) is 12.8 Å². The Hall–Kier alpha value is -3.42. The van der Waals surface area contributed by atoms with E-state index in [1.165, 1.54) is 17.8 Å². The van der Waals surface area contributed by atoms with Crippen molar-refractivity contribution in [3.8, 4) is 12.1 Å². The molecule has 1 atom stereocenters. The number of hydrogen-bond donors (Lipinski definition) is 2. The summed E-state index contributed by atoms with van der Waals surface area (Å²) in [5.41, 5.74) is -1.52. The average molecular weight is 443 g/mol. The standard InChI is InChI=1S/C17H13F4N5O3S/c1-9(17(19,20)21)25-30(28,29)14-8-26(2)15(12(14)7-23)16(27)24-11-3-4-13(18)10(5-11)6-22/h3-5,8-9,25H,1-2H3,(H,24,27)/t9-/m1/s1. The van der Waals surface area contributed by atoms with Crippen LogP contribution < -0.4 is 10.0 Å². The third-order valence-electron chi connectivity index (χ3n) is 3.93. The highest BCUT2D eigenvalue weighted by Crippen LogP contribution is 2.26. The summed E-state index contributed by atoms with van der Waals surface area (Å²) in [6.07, 6.45) is -4.04. The van der Waals surface area contributed by atoms with Crippen molar-refractivity contribution in [2.24, 2.45) is 7.05 Å². The summed E-state index contributed by atoms with van der Waals surface area (Å²) in [6.45, 7) is 0.585. The number of rotatable bonds is 5. The largest absolute Gasteiger partial charge is 0.404 e. The molecule has 1 amide bonds. The second-order valence-corrected chi connectivity index (χ2v) is 7.77. The van der Waals surface area contributed by atoms with Gasteiger partial charge in [0.1, 0.15) is 40.2 Å². The van der Waals surface area contributed by atoms with Crippen molar-refractivity contribution in [2.75, 3.05) is 5.32 Å². The fraction of sp³-hybridized carbons (Fsp3) is 0.235. The zero-order valence-corrected chi connectivity index (χ0v) is 16.2. The van der Waals surface area contributed by atoms with Crippen LogP contribution in [0.15, 0.2) is 29.3 Å². The molecule has 0 saturated heterocycles. The highest BCUT2D eigenvalue weighted by atomic mass is 32.2. The number of aromatic nitrogens is 1. The molecule has 8 nitrogen and oxygen atoms in total. The predicted molar refractivity (Wildman–Crippen MR) is 95.0 cm³/mol. The van der Waals surface area contributed by atoms with E-state index >= 15 is 0 Å². The number of carbonyl (C=O) groups is 1. The van der Waals surface area contributed by atoms with Gasteiger partial charge in [0.15, 0.2) is 0 Å². The Morgan fingerprint density at radius 2 is 1.87 bits per heavy atom. The highest BCUT2D eigenvalue weighted by molar-refractivity contribution is 7.89. The van der Waals surface area contributed by atoms with Crippen LogP contribution in [0.1, 0.15) is 28.5 Å². The topological polar surface area (TPSA) is 128 Å². The number of alkyl halides is 3. The van der Waals surface area contributed by atoms with E-state index in [4.69, 9.17) is 5.26 Å². The van der Waals surface area contributed by atoms with Gasteiger partial charge in [0, 0.05) is 18.9 Å². The summed E-state index contributed by atoms with van der Waals surface area (Å²) < 4.78 is 78.6. The number of nitrogens with zero attached hydrogens (tertiary/aromatic N) is 3. The summed E-state index contributed by atoms with van der Waals surface area (Å²) in [7, 11) is -3.58. The summed E-state index contributed by atoms with van der Waals surface area (Å²) in [5, 5.41) is 20.5. The number of aryl methyl sites for hydroxylation is 1. The SMILES string of the molecule is C[C@@H](NS(=O)(=O)c1cn(C)c(C(=O)Nc2ccc(F)c(C#N)c2)c1C#N)C(F)(F)F. The summed E-state index contributed by atoms with van der Waals surface area (Å²) in [5.74, 6) is -1.82. The van der Waals surface area contributed by atoms with Crippen LogP contribution in [0.5, 0.6) is 0 Å². The number of amides is 1. The lowest BCUT2D eigenvalue weighted by Gasteiger charge is -2.16. The summed E-state index contributed by atoms with van der Waals surface area (Å²) >= 11 is 0. The second kappa shape index (κ2) is 8.14. The van der Waals surface area contributed by atoms with Gasteiger partial charge in [0.25, 0.3) is 5.91 Å². The first-order valence-electron chi connectivity index (χ1n) is 8.01. The number of hydrogen-bond acceptors (Lipinski definition) is 5. The molecule has 0 aliphatic rings. The first-order valence-corrected chi connectivity index (χ1v) is 9.49. The van der Waals surface area contributed by atoms with E-state index in [0.29, 0.717) is 6.92 Å². The molecule has 1 aromatic heterocycles. The maximum atomic E-state index is 13.4. The van der Waals surface area contributed by atoms with Crippen molar-refractivity contribution >= 4 is 21.6 Å². The minimum atomic E-state index is -4.87. The molecule has 0 aliphatic carbocycles. The number of benzene rings is 1. The zero-order valence-electron chi connectivity index (χ0n) is 15.4. The molecule has 0 radical (unpaired) electrons. The van der Waals surface area contributed by atoms with E-state index in [0.717, 1.165) is 29.0 Å². The van der Waals surface area contributed by atoms with Gasteiger partial charge in [-0.15, -0.1) is 0 Å². The molecule has 1 heterocycles. The minimum absolute atomic E-state index is 0.0173. The van der Waals surface area contributed by atoms with E-state index in [2.05, 4.69) is 5.32 Å². The van der Waals surface area contributed by atoms with Crippen molar-refractivity contribution < 1.29 is 30.8 Å². The highest BCUT2D eigenvalue weighted by Gasteiger charge is 2.40. The first-order chi connectivity index (χ1) is 13.8. The molecule has 2 rings (SSSR count). The molecule has 0 aliphatic heterocycles. The lowest BCUT2D eigenvalue weighted by Crippen LogP contribution is -2.43. The Morgan fingerprint density at radius 3 is 2.40 bits per heavy atom. The molecule has 0 bridgehead atoms. The third kappa shape index (κ3) is 4.59. The Morgan fingerprint density at radius 1 is 1.23 bits per heavy atom. The van der Waals surface area contributed by atoms with Crippen molar-refractivity contribution in [1.29, 1.82) is 10.5 Å². The lowest BCUT2D eigenvalue weighted by atomic mass is 10.2. The molecule has 2 N–H and O–H groups in total. The fourth-order valence-corrected chi connectivity index (χ4v) is 3.86. The van der Waals surface area contributed by atoms with Crippen LogP contribution in [-0.4, -0.2) is 31.1 Å². The molecular weight excluding hydrogens is 430 g/mol. The zero-order chi connectivity index (χ0) is 22.9. The van der Waals surface area contributed by atoms with Crippen LogP contribution in [0.3, 0.4) is 0 Å². The normalized spacial score (nSPS) is 12.7. The van der Waals surface area contributed by atoms with E-state index in [1.807, 2.05) is 0 Å². The predicted octanol–water partition coefficient (Wildman–Crippen LogP) is 2.39. The Bertz CT molecular complexity index is 1190. The van der Waals surface area contributed by atoms with E-state index in [1.54, 1.807) is 6.07 Å². The maximum absolute atomic E-state index is 13.4. The van der Waals surface area contributed by atoms with Gasteiger partial charge in [-0.2, -0.15) is 28.4 Å².